The van der Waals surface area contributed by atoms with Crippen molar-refractivity contribution < 1.29 is 19.0 Å². The van der Waals surface area contributed by atoms with Crippen molar-refractivity contribution in [3.05, 3.63) is 102 Å². The summed E-state index contributed by atoms with van der Waals surface area (Å²) in [5, 5.41) is 6.80. The summed E-state index contributed by atoms with van der Waals surface area (Å²) < 4.78 is 17.0. The van der Waals surface area contributed by atoms with Gasteiger partial charge in [0, 0.05) is 29.8 Å². The molecule has 0 unspecified atom stereocenters. The molecule has 0 saturated heterocycles. The van der Waals surface area contributed by atoms with Gasteiger partial charge in [-0.05, 0) is 35.9 Å². The number of fused-ring (bicyclic) bond motifs is 1. The Labute approximate surface area is 226 Å². The van der Waals surface area contributed by atoms with E-state index in [1.165, 1.54) is 0 Å². The van der Waals surface area contributed by atoms with E-state index in [0.717, 1.165) is 16.5 Å². The minimum absolute atomic E-state index is 0.273. The van der Waals surface area contributed by atoms with Gasteiger partial charge in [-0.2, -0.15) is 0 Å². The molecule has 0 aliphatic heterocycles. The highest BCUT2D eigenvalue weighted by Crippen LogP contribution is 2.36. The molecule has 0 aliphatic rings. The Morgan fingerprint density at radius 3 is 2.31 bits per heavy atom. The van der Waals surface area contributed by atoms with Gasteiger partial charge in [0.25, 0.3) is 5.91 Å². The van der Waals surface area contributed by atoms with Crippen molar-refractivity contribution in [2.75, 3.05) is 31.9 Å². The van der Waals surface area contributed by atoms with Crippen LogP contribution in [0.2, 0.25) is 0 Å². The van der Waals surface area contributed by atoms with Crippen LogP contribution in [-0.4, -0.2) is 37.1 Å². The number of methoxy groups -OCH3 is 2. The number of ether oxygens (including phenoxy) is 3. The molecular formula is C31H28N4O4. The molecule has 4 aromatic carbocycles. The van der Waals surface area contributed by atoms with Gasteiger partial charge in [0.2, 0.25) is 5.95 Å². The van der Waals surface area contributed by atoms with Crippen molar-refractivity contribution in [1.29, 1.82) is 0 Å². The van der Waals surface area contributed by atoms with E-state index in [1.54, 1.807) is 33.4 Å². The van der Waals surface area contributed by atoms with Crippen LogP contribution in [0.3, 0.4) is 0 Å². The molecule has 39 heavy (non-hydrogen) atoms. The highest BCUT2D eigenvalue weighted by Gasteiger charge is 2.16. The number of hydrogen-bond donors (Lipinski definition) is 2. The lowest BCUT2D eigenvalue weighted by Crippen LogP contribution is -2.13. The van der Waals surface area contributed by atoms with E-state index in [4.69, 9.17) is 19.2 Å². The molecule has 0 aliphatic carbocycles. The third kappa shape index (κ3) is 5.60. The average molecular weight is 521 g/mol. The summed E-state index contributed by atoms with van der Waals surface area (Å²) in [5.41, 5.74) is 4.27. The smallest absolute Gasteiger partial charge is 0.259 e. The summed E-state index contributed by atoms with van der Waals surface area (Å²) in [6, 6.07) is 28.2. The molecule has 8 nitrogen and oxygen atoms in total. The van der Waals surface area contributed by atoms with Crippen molar-refractivity contribution in [2.24, 2.45) is 0 Å². The van der Waals surface area contributed by atoms with Gasteiger partial charge in [0.1, 0.15) is 12.4 Å². The number of carbonyl (C=O) groups is 1. The molecule has 1 aromatic heterocycles. The molecule has 1 heterocycles. The molecule has 196 valence electrons. The van der Waals surface area contributed by atoms with Gasteiger partial charge in [-0.3, -0.25) is 4.79 Å². The van der Waals surface area contributed by atoms with Gasteiger partial charge >= 0.3 is 0 Å². The summed E-state index contributed by atoms with van der Waals surface area (Å²) in [7, 11) is 4.94. The highest BCUT2D eigenvalue weighted by molar-refractivity contribution is 6.06. The maximum atomic E-state index is 13.3. The average Bonchev–Trinajstić information content (AvgIpc) is 2.99. The summed E-state index contributed by atoms with van der Waals surface area (Å²) in [5.74, 6) is 1.85. The van der Waals surface area contributed by atoms with Crippen molar-refractivity contribution in [2.45, 2.75) is 6.61 Å². The normalized spacial score (nSPS) is 10.6. The van der Waals surface area contributed by atoms with E-state index in [2.05, 4.69) is 15.6 Å². The fraction of sp³-hybridized carbons (Fsp3) is 0.129. The van der Waals surface area contributed by atoms with Gasteiger partial charge in [-0.25, -0.2) is 9.97 Å². The number of anilines is 2. The Morgan fingerprint density at radius 2 is 1.54 bits per heavy atom. The van der Waals surface area contributed by atoms with Gasteiger partial charge in [0.15, 0.2) is 11.5 Å². The van der Waals surface area contributed by atoms with Crippen LogP contribution < -0.4 is 24.8 Å². The Balaban J connectivity index is 1.45. The number of hydrogen-bond acceptors (Lipinski definition) is 7. The minimum Gasteiger partial charge on any atom is -0.493 e. The molecule has 0 radical (unpaired) electrons. The maximum Gasteiger partial charge on any atom is 0.259 e. The Morgan fingerprint density at radius 1 is 0.795 bits per heavy atom. The molecule has 0 saturated carbocycles. The minimum atomic E-state index is -0.273. The zero-order valence-corrected chi connectivity index (χ0v) is 21.9. The number of benzene rings is 4. The molecule has 5 aromatic rings. The van der Waals surface area contributed by atoms with Crippen molar-refractivity contribution in [3.8, 4) is 28.5 Å². The SMILES string of the molecule is CNc1nc(-c2cccc(NC(=O)c3ccccc3OCc3ccccc3)c2)c2cc(OC)c(OC)cc2n1. The summed E-state index contributed by atoms with van der Waals surface area (Å²) >= 11 is 0. The van der Waals surface area contributed by atoms with Crippen LogP contribution >= 0.6 is 0 Å². The predicted octanol–water partition coefficient (Wildman–Crippen LogP) is 6.19. The van der Waals surface area contributed by atoms with E-state index >= 15 is 0 Å². The monoisotopic (exact) mass is 520 g/mol. The van der Waals surface area contributed by atoms with Gasteiger partial charge < -0.3 is 24.8 Å². The summed E-state index contributed by atoms with van der Waals surface area (Å²) in [4.78, 5) is 22.6. The first-order valence-corrected chi connectivity index (χ1v) is 12.4. The number of nitrogens with zero attached hydrogens (tertiary/aromatic N) is 2. The molecule has 0 atom stereocenters. The molecular weight excluding hydrogens is 492 g/mol. The third-order valence-electron chi connectivity index (χ3n) is 6.19. The molecule has 2 N–H and O–H groups in total. The maximum absolute atomic E-state index is 13.3. The second kappa shape index (κ2) is 11.5. The second-order valence-corrected chi connectivity index (χ2v) is 8.68. The number of rotatable bonds is 9. The van der Waals surface area contributed by atoms with Crippen LogP contribution in [0.4, 0.5) is 11.6 Å². The first-order valence-electron chi connectivity index (χ1n) is 12.4. The number of carbonyl (C=O) groups excluding carboxylic acids is 1. The lowest BCUT2D eigenvalue weighted by molar-refractivity contribution is 0.102. The molecule has 0 bridgehead atoms. The lowest BCUT2D eigenvalue weighted by Gasteiger charge is -2.14. The number of para-hydroxylation sites is 1. The quantitative estimate of drug-likeness (QED) is 0.239. The first kappa shape index (κ1) is 25.5. The Hall–Kier alpha value is -5.11. The standard InChI is InChI=1S/C31H28N4O4/c1-32-31-34-25-18-28(38-3)27(37-2)17-24(25)29(35-31)21-12-9-13-22(16-21)33-30(36)23-14-7-8-15-26(23)39-19-20-10-5-4-6-11-20/h4-18H,19H2,1-3H3,(H,33,36)(H,32,34,35). The van der Waals surface area contributed by atoms with Crippen molar-refractivity contribution in [1.82, 2.24) is 9.97 Å². The second-order valence-electron chi connectivity index (χ2n) is 8.68. The van der Waals surface area contributed by atoms with Gasteiger partial charge in [-0.1, -0.05) is 54.6 Å². The zero-order chi connectivity index (χ0) is 27.2. The highest BCUT2D eigenvalue weighted by atomic mass is 16.5. The van der Waals surface area contributed by atoms with Crippen molar-refractivity contribution in [3.63, 3.8) is 0 Å². The molecule has 0 fully saturated rings. The van der Waals surface area contributed by atoms with E-state index in [1.807, 2.05) is 78.9 Å². The summed E-state index contributed by atoms with van der Waals surface area (Å²) in [6.07, 6.45) is 0. The fourth-order valence-corrected chi connectivity index (χ4v) is 4.25. The molecule has 1 amide bonds. The van der Waals surface area contributed by atoms with Crippen LogP contribution in [0.25, 0.3) is 22.2 Å². The largest absolute Gasteiger partial charge is 0.493 e. The van der Waals surface area contributed by atoms with Crippen LogP contribution in [0.1, 0.15) is 15.9 Å². The lowest BCUT2D eigenvalue weighted by atomic mass is 10.0. The zero-order valence-electron chi connectivity index (χ0n) is 21.9. The van der Waals surface area contributed by atoms with Crippen LogP contribution in [0, 0.1) is 0 Å². The topological polar surface area (TPSA) is 94.6 Å². The van der Waals surface area contributed by atoms with Crippen LogP contribution in [0.15, 0.2) is 91.0 Å². The van der Waals surface area contributed by atoms with E-state index in [9.17, 15) is 4.79 Å². The summed E-state index contributed by atoms with van der Waals surface area (Å²) in [6.45, 7) is 0.365. The van der Waals surface area contributed by atoms with Crippen molar-refractivity contribution >= 4 is 28.4 Å². The third-order valence-corrected chi connectivity index (χ3v) is 6.19. The molecule has 8 heteroatoms. The Bertz CT molecular complexity index is 1620. The predicted molar refractivity (Wildman–Crippen MR) is 153 cm³/mol. The molecule has 0 spiro atoms. The van der Waals surface area contributed by atoms with Gasteiger partial charge in [0.05, 0.1) is 31.0 Å². The van der Waals surface area contributed by atoms with E-state index in [0.29, 0.717) is 52.3 Å². The van der Waals surface area contributed by atoms with Crippen LogP contribution in [0.5, 0.6) is 17.2 Å². The number of amides is 1. The Kier molecular flexibility index (Phi) is 7.54. The van der Waals surface area contributed by atoms with Gasteiger partial charge in [-0.15, -0.1) is 0 Å². The van der Waals surface area contributed by atoms with E-state index in [-0.39, 0.29) is 5.91 Å². The fourth-order valence-electron chi connectivity index (χ4n) is 4.25. The number of aromatic nitrogens is 2. The number of nitrogens with one attached hydrogen (secondary N) is 2. The van der Waals surface area contributed by atoms with Crippen LogP contribution in [-0.2, 0) is 6.61 Å². The first-order chi connectivity index (χ1) is 19.1. The molecule has 5 rings (SSSR count). The van der Waals surface area contributed by atoms with E-state index < -0.39 is 0 Å².